The summed E-state index contributed by atoms with van der Waals surface area (Å²) in [5.41, 5.74) is 4.01. The largest absolute Gasteiger partial charge is 0.339 e. The van der Waals surface area contributed by atoms with Crippen LogP contribution in [0.3, 0.4) is 0 Å². The molecule has 0 atom stereocenters. The summed E-state index contributed by atoms with van der Waals surface area (Å²) >= 11 is 0. The molecule has 4 aromatic rings. The topological polar surface area (TPSA) is 68.5 Å². The van der Waals surface area contributed by atoms with Crippen molar-refractivity contribution in [1.82, 2.24) is 24.5 Å². The molecule has 0 radical (unpaired) electrons. The van der Waals surface area contributed by atoms with E-state index in [2.05, 4.69) is 43.7 Å². The van der Waals surface area contributed by atoms with Crippen molar-refractivity contribution in [2.75, 3.05) is 5.32 Å². The Kier molecular flexibility index (Phi) is 3.42. The smallest absolute Gasteiger partial charge is 0.151 e. The summed E-state index contributed by atoms with van der Waals surface area (Å²) in [6.45, 7) is 4.15. The number of hydrogen-bond donors (Lipinski definition) is 1. The van der Waals surface area contributed by atoms with Gasteiger partial charge < -0.3 is 5.32 Å². The van der Waals surface area contributed by atoms with E-state index in [-0.39, 0.29) is 0 Å². The van der Waals surface area contributed by atoms with Crippen molar-refractivity contribution < 1.29 is 0 Å². The molecule has 0 saturated carbocycles. The van der Waals surface area contributed by atoms with Crippen LogP contribution in [0.4, 0.5) is 11.5 Å². The van der Waals surface area contributed by atoms with Crippen LogP contribution in [0.25, 0.3) is 16.9 Å². The first-order chi connectivity index (χ1) is 11.8. The van der Waals surface area contributed by atoms with Gasteiger partial charge in [0, 0.05) is 30.0 Å². The van der Waals surface area contributed by atoms with Crippen LogP contribution in [0.5, 0.6) is 0 Å². The molecule has 118 valence electrons. The second-order valence-corrected chi connectivity index (χ2v) is 5.52. The van der Waals surface area contributed by atoms with E-state index in [4.69, 9.17) is 0 Å². The summed E-state index contributed by atoms with van der Waals surface area (Å²) in [6, 6.07) is 9.67. The van der Waals surface area contributed by atoms with Crippen LogP contribution in [0.2, 0.25) is 0 Å². The van der Waals surface area contributed by atoms with E-state index in [1.165, 1.54) is 0 Å². The number of nitrogens with one attached hydrogen (secondary N) is 1. The van der Waals surface area contributed by atoms with E-state index >= 15 is 0 Å². The third-order valence-corrected chi connectivity index (χ3v) is 4.11. The predicted octanol–water partition coefficient (Wildman–Crippen LogP) is 3.57. The van der Waals surface area contributed by atoms with Crippen molar-refractivity contribution >= 4 is 22.5 Å². The second kappa shape index (κ2) is 5.73. The highest BCUT2D eigenvalue weighted by molar-refractivity contribution is 5.94. The number of anilines is 2. The van der Waals surface area contributed by atoms with Crippen LogP contribution in [-0.4, -0.2) is 24.5 Å². The van der Waals surface area contributed by atoms with Gasteiger partial charge >= 0.3 is 0 Å². The molecule has 0 bridgehead atoms. The molecule has 0 unspecified atom stereocenters. The molecule has 4 rings (SSSR count). The highest BCUT2D eigenvalue weighted by Gasteiger charge is 2.18. The van der Waals surface area contributed by atoms with Crippen molar-refractivity contribution in [3.8, 4) is 5.82 Å². The Morgan fingerprint density at radius 1 is 0.917 bits per heavy atom. The Labute approximate surface area is 139 Å². The average molecular weight is 316 g/mol. The SMILES string of the molecule is Cc1c(C)n(-c2ccccn2)c2ncnc(Nc3ccncc3)c12. The number of hydrogen-bond acceptors (Lipinski definition) is 5. The van der Waals surface area contributed by atoms with Crippen molar-refractivity contribution in [1.29, 1.82) is 0 Å². The maximum absolute atomic E-state index is 4.50. The lowest BCUT2D eigenvalue weighted by molar-refractivity contribution is 0.966. The summed E-state index contributed by atoms with van der Waals surface area (Å²) in [5.74, 6) is 1.63. The van der Waals surface area contributed by atoms with Crippen molar-refractivity contribution in [3.05, 3.63) is 66.5 Å². The monoisotopic (exact) mass is 316 g/mol. The van der Waals surface area contributed by atoms with Gasteiger partial charge in [-0.05, 0) is 43.7 Å². The Bertz CT molecular complexity index is 992. The molecular weight excluding hydrogens is 300 g/mol. The lowest BCUT2D eigenvalue weighted by Crippen LogP contribution is -2.01. The molecule has 0 aromatic carbocycles. The van der Waals surface area contributed by atoms with Gasteiger partial charge in [0.05, 0.1) is 5.39 Å². The normalized spacial score (nSPS) is 10.9. The van der Waals surface area contributed by atoms with Gasteiger partial charge in [-0.1, -0.05) is 6.07 Å². The van der Waals surface area contributed by atoms with Crippen molar-refractivity contribution in [3.63, 3.8) is 0 Å². The van der Waals surface area contributed by atoms with Gasteiger partial charge in [0.15, 0.2) is 5.65 Å². The van der Waals surface area contributed by atoms with Gasteiger partial charge in [0.2, 0.25) is 0 Å². The minimum atomic E-state index is 0.779. The van der Waals surface area contributed by atoms with E-state index in [1.807, 2.05) is 30.3 Å². The van der Waals surface area contributed by atoms with Crippen LogP contribution in [-0.2, 0) is 0 Å². The molecule has 24 heavy (non-hydrogen) atoms. The molecule has 0 fully saturated rings. The van der Waals surface area contributed by atoms with Gasteiger partial charge in [-0.25, -0.2) is 15.0 Å². The average Bonchev–Trinajstić information content (AvgIpc) is 2.88. The van der Waals surface area contributed by atoms with E-state index in [1.54, 1.807) is 24.9 Å². The third-order valence-electron chi connectivity index (χ3n) is 4.11. The fraction of sp³-hybridized carbons (Fsp3) is 0.111. The molecule has 0 saturated heterocycles. The van der Waals surface area contributed by atoms with Gasteiger partial charge in [-0.15, -0.1) is 0 Å². The number of rotatable bonds is 3. The zero-order valence-electron chi connectivity index (χ0n) is 13.4. The molecule has 1 N–H and O–H groups in total. The molecule has 0 aliphatic rings. The van der Waals surface area contributed by atoms with Crippen LogP contribution in [0.1, 0.15) is 11.3 Å². The summed E-state index contributed by atoms with van der Waals surface area (Å²) < 4.78 is 2.06. The van der Waals surface area contributed by atoms with E-state index in [9.17, 15) is 0 Å². The Morgan fingerprint density at radius 2 is 1.75 bits per heavy atom. The number of fused-ring (bicyclic) bond motifs is 1. The Morgan fingerprint density at radius 3 is 2.50 bits per heavy atom. The summed E-state index contributed by atoms with van der Waals surface area (Å²) in [5, 5.41) is 4.35. The first kappa shape index (κ1) is 14.3. The maximum atomic E-state index is 4.50. The molecule has 0 aliphatic heterocycles. The Hall–Kier alpha value is -3.28. The fourth-order valence-electron chi connectivity index (χ4n) is 2.83. The van der Waals surface area contributed by atoms with Crippen molar-refractivity contribution in [2.24, 2.45) is 0 Å². The maximum Gasteiger partial charge on any atom is 0.151 e. The van der Waals surface area contributed by atoms with Gasteiger partial charge in [0.1, 0.15) is 18.0 Å². The summed E-state index contributed by atoms with van der Waals surface area (Å²) in [7, 11) is 0. The highest BCUT2D eigenvalue weighted by Crippen LogP contribution is 2.31. The lowest BCUT2D eigenvalue weighted by Gasteiger charge is -2.08. The number of nitrogens with zero attached hydrogens (tertiary/aromatic N) is 5. The van der Waals surface area contributed by atoms with Crippen LogP contribution in [0, 0.1) is 13.8 Å². The lowest BCUT2D eigenvalue weighted by atomic mass is 10.2. The number of pyridine rings is 2. The van der Waals surface area contributed by atoms with Gasteiger partial charge in [-0.2, -0.15) is 0 Å². The number of aryl methyl sites for hydroxylation is 1. The molecule has 6 nitrogen and oxygen atoms in total. The molecule has 6 heteroatoms. The van der Waals surface area contributed by atoms with Crippen LogP contribution >= 0.6 is 0 Å². The first-order valence-corrected chi connectivity index (χ1v) is 7.67. The van der Waals surface area contributed by atoms with Crippen molar-refractivity contribution in [2.45, 2.75) is 13.8 Å². The van der Waals surface area contributed by atoms with Gasteiger partial charge in [0.25, 0.3) is 0 Å². The molecule has 0 spiro atoms. The standard InChI is InChI=1S/C18H16N6/c1-12-13(2)24(15-5-3-4-8-20-15)18-16(12)17(21-11-22-18)23-14-6-9-19-10-7-14/h3-11H,1-2H3,(H,19,21,22,23). The minimum Gasteiger partial charge on any atom is -0.339 e. The number of aromatic nitrogens is 5. The molecule has 4 aromatic heterocycles. The quantitative estimate of drug-likeness (QED) is 0.626. The molecule has 4 heterocycles. The molecule has 0 amide bonds. The minimum absolute atomic E-state index is 0.779. The summed E-state index contributed by atoms with van der Waals surface area (Å²) in [6.07, 6.45) is 6.85. The summed E-state index contributed by atoms with van der Waals surface area (Å²) in [4.78, 5) is 17.4. The van der Waals surface area contributed by atoms with Gasteiger partial charge in [-0.3, -0.25) is 9.55 Å². The highest BCUT2D eigenvalue weighted by atomic mass is 15.1. The van der Waals surface area contributed by atoms with E-state index < -0.39 is 0 Å². The van der Waals surface area contributed by atoms with Crippen LogP contribution < -0.4 is 5.32 Å². The van der Waals surface area contributed by atoms with E-state index in [0.29, 0.717) is 0 Å². The third kappa shape index (κ3) is 2.28. The molecular formula is C18H16N6. The zero-order valence-corrected chi connectivity index (χ0v) is 13.4. The second-order valence-electron chi connectivity index (χ2n) is 5.52. The Balaban J connectivity index is 1.93. The van der Waals surface area contributed by atoms with E-state index in [0.717, 1.165) is 39.6 Å². The first-order valence-electron chi connectivity index (χ1n) is 7.67. The molecule has 0 aliphatic carbocycles. The van der Waals surface area contributed by atoms with Crippen LogP contribution in [0.15, 0.2) is 55.2 Å². The predicted molar refractivity (Wildman–Crippen MR) is 93.7 cm³/mol. The zero-order chi connectivity index (χ0) is 16.5. The fourth-order valence-corrected chi connectivity index (χ4v) is 2.83.